The van der Waals surface area contributed by atoms with Crippen LogP contribution in [-0.2, 0) is 12.8 Å². The van der Waals surface area contributed by atoms with Crippen molar-refractivity contribution < 1.29 is 22.7 Å². The third-order valence-electron chi connectivity index (χ3n) is 4.12. The Morgan fingerprint density at radius 1 is 1.00 bits per heavy atom. The Labute approximate surface area is 186 Å². The summed E-state index contributed by atoms with van der Waals surface area (Å²) in [4.78, 5) is 12.1. The molecule has 0 aliphatic carbocycles. The minimum absolute atomic E-state index is 0.156. The van der Waals surface area contributed by atoms with Crippen molar-refractivity contribution in [3.8, 4) is 5.75 Å². The van der Waals surface area contributed by atoms with Crippen LogP contribution in [0.4, 0.5) is 13.2 Å². The molecular weight excluding hydrogens is 452 g/mol. The third-order valence-corrected chi connectivity index (χ3v) is 4.86. The summed E-state index contributed by atoms with van der Waals surface area (Å²) in [7, 11) is 0. The van der Waals surface area contributed by atoms with Crippen LogP contribution in [0.3, 0.4) is 0 Å². The third kappa shape index (κ3) is 6.23. The maximum atomic E-state index is 12.8. The van der Waals surface area contributed by atoms with E-state index in [1.54, 1.807) is 42.5 Å². The minimum atomic E-state index is -4.54. The maximum absolute atomic E-state index is 12.8. The lowest BCUT2D eigenvalue weighted by Crippen LogP contribution is -2.18. The van der Waals surface area contributed by atoms with Crippen LogP contribution < -0.4 is 10.2 Å². The zero-order chi connectivity index (χ0) is 22.4. The first-order chi connectivity index (χ1) is 14.7. The Morgan fingerprint density at radius 3 is 2.52 bits per heavy atom. The zero-order valence-corrected chi connectivity index (χ0v) is 17.3. The summed E-state index contributed by atoms with van der Waals surface area (Å²) in [5, 5.41) is 4.68. The van der Waals surface area contributed by atoms with Crippen molar-refractivity contribution in [1.29, 1.82) is 0 Å². The average Bonchev–Trinajstić information content (AvgIpc) is 2.75. The zero-order valence-electron chi connectivity index (χ0n) is 15.8. The van der Waals surface area contributed by atoms with Crippen LogP contribution in [-0.4, -0.2) is 12.1 Å². The second-order valence-corrected chi connectivity index (χ2v) is 7.17. The first-order valence-corrected chi connectivity index (χ1v) is 9.66. The highest BCUT2D eigenvalue weighted by Gasteiger charge is 2.30. The number of nitrogens with zero attached hydrogens (tertiary/aromatic N) is 1. The first-order valence-electron chi connectivity index (χ1n) is 8.90. The molecule has 0 saturated heterocycles. The molecule has 0 aliphatic heterocycles. The number of rotatable bonds is 6. The maximum Gasteiger partial charge on any atom is 0.416 e. The van der Waals surface area contributed by atoms with E-state index < -0.39 is 17.6 Å². The SMILES string of the molecule is O=C(N/N=C\c1ccccc1OCc1ccc(Cl)c(Cl)c1)c1cccc(C(F)(F)F)c1. The van der Waals surface area contributed by atoms with Crippen LogP contribution in [0.25, 0.3) is 0 Å². The number of nitrogens with one attached hydrogen (secondary N) is 1. The van der Waals surface area contributed by atoms with Gasteiger partial charge >= 0.3 is 6.18 Å². The Balaban J connectivity index is 1.66. The molecular formula is C22H15Cl2F3N2O2. The van der Waals surface area contributed by atoms with Gasteiger partial charge in [0.15, 0.2) is 0 Å². The molecule has 0 saturated carbocycles. The van der Waals surface area contributed by atoms with Gasteiger partial charge in [-0.3, -0.25) is 4.79 Å². The Bertz CT molecular complexity index is 1120. The highest BCUT2D eigenvalue weighted by atomic mass is 35.5. The lowest BCUT2D eigenvalue weighted by molar-refractivity contribution is -0.137. The fraction of sp³-hybridized carbons (Fsp3) is 0.0909. The highest BCUT2D eigenvalue weighted by Crippen LogP contribution is 2.29. The van der Waals surface area contributed by atoms with Gasteiger partial charge in [0.1, 0.15) is 12.4 Å². The first kappa shape index (κ1) is 22.7. The number of amides is 1. The average molecular weight is 467 g/mol. The van der Waals surface area contributed by atoms with E-state index in [1.807, 2.05) is 0 Å². The number of alkyl halides is 3. The van der Waals surface area contributed by atoms with Gasteiger partial charge in [0.05, 0.1) is 21.8 Å². The molecule has 0 fully saturated rings. The van der Waals surface area contributed by atoms with E-state index in [2.05, 4.69) is 10.5 Å². The molecule has 31 heavy (non-hydrogen) atoms. The van der Waals surface area contributed by atoms with Crippen LogP contribution in [0.15, 0.2) is 71.8 Å². The van der Waals surface area contributed by atoms with Crippen molar-refractivity contribution in [2.45, 2.75) is 12.8 Å². The number of carbonyl (C=O) groups excluding carboxylic acids is 1. The van der Waals surface area contributed by atoms with Gasteiger partial charge in [-0.15, -0.1) is 0 Å². The molecule has 0 atom stereocenters. The smallest absolute Gasteiger partial charge is 0.416 e. The molecule has 1 N–H and O–H groups in total. The number of benzene rings is 3. The molecule has 9 heteroatoms. The topological polar surface area (TPSA) is 50.7 Å². The molecule has 160 valence electrons. The second kappa shape index (κ2) is 9.85. The predicted molar refractivity (Wildman–Crippen MR) is 114 cm³/mol. The molecule has 0 aliphatic rings. The number of hydrazone groups is 1. The van der Waals surface area contributed by atoms with Gasteiger partial charge in [-0.05, 0) is 48.0 Å². The van der Waals surface area contributed by atoms with Gasteiger partial charge in [-0.25, -0.2) is 5.43 Å². The van der Waals surface area contributed by atoms with Crippen LogP contribution in [0, 0.1) is 0 Å². The van der Waals surface area contributed by atoms with Gasteiger partial charge < -0.3 is 4.74 Å². The van der Waals surface area contributed by atoms with Crippen molar-refractivity contribution in [2.75, 3.05) is 0 Å². The number of hydrogen-bond acceptors (Lipinski definition) is 3. The van der Waals surface area contributed by atoms with Crippen LogP contribution in [0.5, 0.6) is 5.75 Å². The molecule has 3 aromatic rings. The van der Waals surface area contributed by atoms with Crippen LogP contribution >= 0.6 is 23.2 Å². The molecule has 4 nitrogen and oxygen atoms in total. The predicted octanol–water partition coefficient (Wildman–Crippen LogP) is 6.36. The van der Waals surface area contributed by atoms with Crippen LogP contribution in [0.2, 0.25) is 10.0 Å². The summed E-state index contributed by atoms with van der Waals surface area (Å²) in [6.45, 7) is 0.221. The minimum Gasteiger partial charge on any atom is -0.488 e. The standard InChI is InChI=1S/C22H15Cl2F3N2O2/c23-18-9-8-14(10-19(18)24)13-31-20-7-2-1-4-16(20)12-28-29-21(30)15-5-3-6-17(11-15)22(25,26)27/h1-12H,13H2,(H,29,30)/b28-12-. The monoisotopic (exact) mass is 466 g/mol. The molecule has 0 bridgehead atoms. The van der Waals surface area contributed by atoms with Crippen molar-refractivity contribution in [2.24, 2.45) is 5.10 Å². The van der Waals surface area contributed by atoms with Crippen molar-refractivity contribution in [1.82, 2.24) is 5.43 Å². The lowest BCUT2D eigenvalue weighted by atomic mass is 10.1. The Kier molecular flexibility index (Phi) is 7.20. The van der Waals surface area contributed by atoms with Gasteiger partial charge in [-0.2, -0.15) is 18.3 Å². The summed E-state index contributed by atoms with van der Waals surface area (Å²) in [6, 6.07) is 16.2. The number of halogens is 5. The van der Waals surface area contributed by atoms with E-state index in [-0.39, 0.29) is 12.2 Å². The van der Waals surface area contributed by atoms with Gasteiger partial charge in [0, 0.05) is 11.1 Å². The molecule has 0 unspecified atom stereocenters. The van der Waals surface area contributed by atoms with E-state index in [9.17, 15) is 18.0 Å². The van der Waals surface area contributed by atoms with E-state index in [0.717, 1.165) is 23.8 Å². The number of para-hydroxylation sites is 1. The Hall–Kier alpha value is -3.03. The van der Waals surface area contributed by atoms with Crippen molar-refractivity contribution in [3.63, 3.8) is 0 Å². The number of carbonyl (C=O) groups is 1. The van der Waals surface area contributed by atoms with Crippen LogP contribution in [0.1, 0.15) is 27.0 Å². The molecule has 0 radical (unpaired) electrons. The molecule has 0 spiro atoms. The number of hydrogen-bond donors (Lipinski definition) is 1. The van der Waals surface area contributed by atoms with E-state index in [4.69, 9.17) is 27.9 Å². The Morgan fingerprint density at radius 2 is 1.77 bits per heavy atom. The quantitative estimate of drug-likeness (QED) is 0.339. The summed E-state index contributed by atoms with van der Waals surface area (Å²) in [5.41, 5.74) is 2.51. The van der Waals surface area contributed by atoms with E-state index in [0.29, 0.717) is 21.4 Å². The van der Waals surface area contributed by atoms with Gasteiger partial charge in [-0.1, -0.05) is 47.5 Å². The van der Waals surface area contributed by atoms with E-state index >= 15 is 0 Å². The fourth-order valence-corrected chi connectivity index (χ4v) is 2.89. The molecule has 0 heterocycles. The summed E-state index contributed by atoms with van der Waals surface area (Å²) < 4.78 is 44.2. The second-order valence-electron chi connectivity index (χ2n) is 6.35. The molecule has 1 amide bonds. The van der Waals surface area contributed by atoms with E-state index in [1.165, 1.54) is 12.3 Å². The summed E-state index contributed by atoms with van der Waals surface area (Å²) in [6.07, 6.45) is -3.19. The lowest BCUT2D eigenvalue weighted by Gasteiger charge is -2.10. The summed E-state index contributed by atoms with van der Waals surface area (Å²) in [5.74, 6) is -0.276. The molecule has 3 rings (SSSR count). The summed E-state index contributed by atoms with van der Waals surface area (Å²) >= 11 is 11.9. The highest BCUT2D eigenvalue weighted by molar-refractivity contribution is 6.42. The van der Waals surface area contributed by atoms with Gasteiger partial charge in [0.25, 0.3) is 5.91 Å². The normalized spacial score (nSPS) is 11.5. The van der Waals surface area contributed by atoms with Gasteiger partial charge in [0.2, 0.25) is 0 Å². The largest absolute Gasteiger partial charge is 0.488 e. The molecule has 0 aromatic heterocycles. The van der Waals surface area contributed by atoms with Crippen molar-refractivity contribution in [3.05, 3.63) is 99.0 Å². The molecule has 3 aromatic carbocycles. The fourth-order valence-electron chi connectivity index (χ4n) is 2.57. The number of ether oxygens (including phenoxy) is 1. The van der Waals surface area contributed by atoms with Crippen molar-refractivity contribution >= 4 is 35.3 Å².